The van der Waals surface area contributed by atoms with Gasteiger partial charge in [-0.05, 0) is 18.9 Å². The van der Waals surface area contributed by atoms with Crippen molar-refractivity contribution >= 4 is 0 Å². The molecule has 1 saturated carbocycles. The Bertz CT molecular complexity index is 298. The molecule has 1 fully saturated rings. The molecule has 2 N–H and O–H groups in total. The molecular formula is C9H11NO. The van der Waals surface area contributed by atoms with Crippen molar-refractivity contribution < 1.29 is 4.42 Å². The highest BCUT2D eigenvalue weighted by Gasteiger charge is 2.55. The molecule has 0 aliphatic heterocycles. The second-order valence-electron chi connectivity index (χ2n) is 3.72. The van der Waals surface area contributed by atoms with Crippen molar-refractivity contribution in [1.82, 2.24) is 0 Å². The molecule has 0 saturated heterocycles. The minimum absolute atomic E-state index is 0.331. The van der Waals surface area contributed by atoms with Gasteiger partial charge in [0.1, 0.15) is 5.76 Å². The van der Waals surface area contributed by atoms with Crippen LogP contribution in [0.15, 0.2) is 16.7 Å². The molecule has 58 valence electrons. The average molecular weight is 149 g/mol. The van der Waals surface area contributed by atoms with E-state index in [1.165, 1.54) is 18.4 Å². The van der Waals surface area contributed by atoms with E-state index in [0.29, 0.717) is 11.5 Å². The van der Waals surface area contributed by atoms with Gasteiger partial charge < -0.3 is 10.2 Å². The molecule has 0 aromatic carbocycles. The SMILES string of the molecule is NC1Cc2occc2C12CC2. The molecule has 2 heteroatoms. The molecule has 11 heavy (non-hydrogen) atoms. The number of hydrogen-bond donors (Lipinski definition) is 1. The summed E-state index contributed by atoms with van der Waals surface area (Å²) in [4.78, 5) is 0. The van der Waals surface area contributed by atoms with E-state index in [0.717, 1.165) is 12.2 Å². The fourth-order valence-corrected chi connectivity index (χ4v) is 2.31. The minimum atomic E-state index is 0.331. The lowest BCUT2D eigenvalue weighted by Crippen LogP contribution is -2.30. The van der Waals surface area contributed by atoms with Crippen molar-refractivity contribution in [2.24, 2.45) is 5.73 Å². The maximum atomic E-state index is 6.01. The first kappa shape index (κ1) is 5.84. The van der Waals surface area contributed by atoms with E-state index < -0.39 is 0 Å². The Kier molecular flexibility index (Phi) is 0.812. The molecule has 1 atom stereocenters. The van der Waals surface area contributed by atoms with E-state index in [4.69, 9.17) is 10.2 Å². The Labute approximate surface area is 65.4 Å². The Hall–Kier alpha value is -0.760. The summed E-state index contributed by atoms with van der Waals surface area (Å²) in [6, 6.07) is 2.42. The summed E-state index contributed by atoms with van der Waals surface area (Å²) in [6.45, 7) is 0. The Balaban J connectivity index is 2.19. The molecule has 2 aliphatic rings. The van der Waals surface area contributed by atoms with Gasteiger partial charge in [-0.2, -0.15) is 0 Å². The van der Waals surface area contributed by atoms with Gasteiger partial charge in [-0.15, -0.1) is 0 Å². The van der Waals surface area contributed by atoms with Gasteiger partial charge in [-0.1, -0.05) is 0 Å². The molecule has 2 nitrogen and oxygen atoms in total. The van der Waals surface area contributed by atoms with Crippen LogP contribution in [-0.2, 0) is 11.8 Å². The van der Waals surface area contributed by atoms with E-state index in [1.807, 2.05) is 0 Å². The molecule has 0 bridgehead atoms. The van der Waals surface area contributed by atoms with Crippen molar-refractivity contribution in [1.29, 1.82) is 0 Å². The maximum absolute atomic E-state index is 6.01. The van der Waals surface area contributed by atoms with Crippen molar-refractivity contribution in [2.75, 3.05) is 0 Å². The van der Waals surface area contributed by atoms with Crippen LogP contribution >= 0.6 is 0 Å². The summed E-state index contributed by atoms with van der Waals surface area (Å²) in [5.41, 5.74) is 7.75. The summed E-state index contributed by atoms with van der Waals surface area (Å²) in [6.07, 6.45) is 5.26. The lowest BCUT2D eigenvalue weighted by Gasteiger charge is -2.11. The Morgan fingerprint density at radius 3 is 3.09 bits per heavy atom. The number of hydrogen-bond acceptors (Lipinski definition) is 2. The lowest BCUT2D eigenvalue weighted by atomic mass is 9.97. The predicted octanol–water partition coefficient (Wildman–Crippen LogP) is 1.19. The average Bonchev–Trinajstić information content (AvgIpc) is 2.61. The number of nitrogens with two attached hydrogens (primary N) is 1. The molecule has 0 radical (unpaired) electrons. The van der Waals surface area contributed by atoms with Gasteiger partial charge in [0.05, 0.1) is 6.26 Å². The van der Waals surface area contributed by atoms with E-state index in [-0.39, 0.29) is 0 Å². The van der Waals surface area contributed by atoms with Gasteiger partial charge in [0.15, 0.2) is 0 Å². The number of furan rings is 1. The summed E-state index contributed by atoms with van der Waals surface area (Å²) in [5, 5.41) is 0. The monoisotopic (exact) mass is 149 g/mol. The first-order valence-electron chi connectivity index (χ1n) is 4.15. The molecule has 1 spiro atoms. The normalized spacial score (nSPS) is 30.8. The molecule has 1 unspecified atom stereocenters. The molecule has 1 aromatic rings. The molecular weight excluding hydrogens is 138 g/mol. The molecule has 0 amide bonds. The lowest BCUT2D eigenvalue weighted by molar-refractivity contribution is 0.490. The van der Waals surface area contributed by atoms with Crippen LogP contribution in [0.5, 0.6) is 0 Å². The zero-order chi connectivity index (χ0) is 7.47. The van der Waals surface area contributed by atoms with Crippen LogP contribution in [0.3, 0.4) is 0 Å². The van der Waals surface area contributed by atoms with Crippen LogP contribution in [-0.4, -0.2) is 6.04 Å². The Morgan fingerprint density at radius 2 is 2.36 bits per heavy atom. The van der Waals surface area contributed by atoms with Crippen LogP contribution in [0.4, 0.5) is 0 Å². The van der Waals surface area contributed by atoms with E-state index in [9.17, 15) is 0 Å². The largest absolute Gasteiger partial charge is 0.469 e. The smallest absolute Gasteiger partial charge is 0.109 e. The van der Waals surface area contributed by atoms with E-state index >= 15 is 0 Å². The van der Waals surface area contributed by atoms with Crippen LogP contribution < -0.4 is 5.73 Å². The van der Waals surface area contributed by atoms with Crippen molar-refractivity contribution in [3.8, 4) is 0 Å². The standard InChI is InChI=1S/C9H11NO/c10-8-5-7-6(1-4-11-7)9(8)2-3-9/h1,4,8H,2-3,5,10H2. The second kappa shape index (κ2) is 1.53. The maximum Gasteiger partial charge on any atom is 0.109 e. The number of fused-ring (bicyclic) bond motifs is 2. The van der Waals surface area contributed by atoms with E-state index in [1.54, 1.807) is 6.26 Å². The van der Waals surface area contributed by atoms with Gasteiger partial charge in [0, 0.05) is 23.4 Å². The van der Waals surface area contributed by atoms with Gasteiger partial charge >= 0.3 is 0 Å². The fraction of sp³-hybridized carbons (Fsp3) is 0.556. The fourth-order valence-electron chi connectivity index (χ4n) is 2.31. The first-order chi connectivity index (χ1) is 5.33. The summed E-state index contributed by atoms with van der Waals surface area (Å²) in [5.74, 6) is 1.13. The highest BCUT2D eigenvalue weighted by molar-refractivity contribution is 5.41. The third-order valence-corrected chi connectivity index (χ3v) is 3.19. The van der Waals surface area contributed by atoms with Gasteiger partial charge in [-0.25, -0.2) is 0 Å². The molecule has 3 rings (SSSR count). The quantitative estimate of drug-likeness (QED) is 0.602. The topological polar surface area (TPSA) is 39.2 Å². The third kappa shape index (κ3) is 0.530. The highest BCUT2D eigenvalue weighted by atomic mass is 16.3. The van der Waals surface area contributed by atoms with Crippen LogP contribution in [0.25, 0.3) is 0 Å². The minimum Gasteiger partial charge on any atom is -0.469 e. The summed E-state index contributed by atoms with van der Waals surface area (Å²) < 4.78 is 5.34. The van der Waals surface area contributed by atoms with E-state index in [2.05, 4.69) is 6.07 Å². The molecule has 1 aromatic heterocycles. The van der Waals surface area contributed by atoms with Crippen LogP contribution in [0.1, 0.15) is 24.2 Å². The van der Waals surface area contributed by atoms with Gasteiger partial charge in [-0.3, -0.25) is 0 Å². The molecule has 1 heterocycles. The van der Waals surface area contributed by atoms with Crippen LogP contribution in [0, 0.1) is 0 Å². The van der Waals surface area contributed by atoms with Crippen molar-refractivity contribution in [3.63, 3.8) is 0 Å². The third-order valence-electron chi connectivity index (χ3n) is 3.19. The second-order valence-corrected chi connectivity index (χ2v) is 3.72. The predicted molar refractivity (Wildman–Crippen MR) is 41.3 cm³/mol. The Morgan fingerprint density at radius 1 is 1.55 bits per heavy atom. The zero-order valence-corrected chi connectivity index (χ0v) is 6.34. The van der Waals surface area contributed by atoms with Gasteiger partial charge in [0.2, 0.25) is 0 Å². The summed E-state index contributed by atoms with van der Waals surface area (Å²) >= 11 is 0. The highest BCUT2D eigenvalue weighted by Crippen LogP contribution is 2.56. The molecule has 2 aliphatic carbocycles. The zero-order valence-electron chi connectivity index (χ0n) is 6.34. The first-order valence-corrected chi connectivity index (χ1v) is 4.15. The number of rotatable bonds is 0. The van der Waals surface area contributed by atoms with Crippen molar-refractivity contribution in [2.45, 2.75) is 30.7 Å². The summed E-state index contributed by atoms with van der Waals surface area (Å²) in [7, 11) is 0. The van der Waals surface area contributed by atoms with Gasteiger partial charge in [0.25, 0.3) is 0 Å². The van der Waals surface area contributed by atoms with Crippen LogP contribution in [0.2, 0.25) is 0 Å². The van der Waals surface area contributed by atoms with Crippen molar-refractivity contribution in [3.05, 3.63) is 23.7 Å².